The zero-order valence-corrected chi connectivity index (χ0v) is 13.5. The number of anilines is 1. The Balaban J connectivity index is 2.48. The number of hydrogen-bond acceptors (Lipinski definition) is 4. The first-order valence-corrected chi connectivity index (χ1v) is 7.70. The largest absolute Gasteiger partial charge is 0.371 e. The highest BCUT2D eigenvalue weighted by atomic mass is 16.2. The van der Waals surface area contributed by atoms with Crippen LogP contribution in [-0.2, 0) is 0 Å². The number of nitrogens with zero attached hydrogens (tertiary/aromatic N) is 2. The van der Waals surface area contributed by atoms with E-state index in [0.29, 0.717) is 11.3 Å². The van der Waals surface area contributed by atoms with Crippen molar-refractivity contribution in [1.29, 1.82) is 0 Å². The first-order valence-electron chi connectivity index (χ1n) is 7.70. The Morgan fingerprint density at radius 2 is 1.50 bits per heavy atom. The lowest BCUT2D eigenvalue weighted by atomic mass is 9.95. The minimum absolute atomic E-state index is 0.133. The third kappa shape index (κ3) is 3.69. The molecule has 0 N–H and O–H groups in total. The fourth-order valence-corrected chi connectivity index (χ4v) is 2.65. The van der Waals surface area contributed by atoms with Crippen LogP contribution < -0.4 is 15.8 Å². The Kier molecular flexibility index (Phi) is 6.40. The molecule has 0 bridgehead atoms. The lowest BCUT2D eigenvalue weighted by Gasteiger charge is -2.25. The quantitative estimate of drug-likeness (QED) is 0.512. The SMILES string of the molecule is CCN(CC)CCCCN(C)c1c(C(C)C)c(=O)c1=O. The Morgan fingerprint density at radius 1 is 0.950 bits per heavy atom. The van der Waals surface area contributed by atoms with Gasteiger partial charge in [-0.25, -0.2) is 0 Å². The van der Waals surface area contributed by atoms with Crippen LogP contribution in [0.15, 0.2) is 9.59 Å². The molecule has 0 fully saturated rings. The van der Waals surface area contributed by atoms with Gasteiger partial charge < -0.3 is 9.80 Å². The van der Waals surface area contributed by atoms with Crippen LogP contribution in [-0.4, -0.2) is 38.1 Å². The van der Waals surface area contributed by atoms with Crippen LogP contribution in [0.2, 0.25) is 0 Å². The maximum Gasteiger partial charge on any atom is 0.249 e. The van der Waals surface area contributed by atoms with Gasteiger partial charge in [0.1, 0.15) is 0 Å². The van der Waals surface area contributed by atoms with Gasteiger partial charge in [0.15, 0.2) is 0 Å². The van der Waals surface area contributed by atoms with Gasteiger partial charge in [-0.1, -0.05) is 27.7 Å². The van der Waals surface area contributed by atoms with Crippen LogP contribution in [0.1, 0.15) is 52.0 Å². The van der Waals surface area contributed by atoms with Crippen molar-refractivity contribution >= 4 is 5.69 Å². The van der Waals surface area contributed by atoms with E-state index < -0.39 is 0 Å². The minimum atomic E-state index is -0.306. The highest BCUT2D eigenvalue weighted by Gasteiger charge is 2.25. The Morgan fingerprint density at radius 3 is 2.00 bits per heavy atom. The van der Waals surface area contributed by atoms with Gasteiger partial charge in [-0.3, -0.25) is 9.59 Å². The number of rotatable bonds is 9. The zero-order valence-electron chi connectivity index (χ0n) is 13.5. The summed E-state index contributed by atoms with van der Waals surface area (Å²) in [5, 5.41) is 0. The molecule has 0 heterocycles. The van der Waals surface area contributed by atoms with Crippen molar-refractivity contribution in [3.05, 3.63) is 26.0 Å². The van der Waals surface area contributed by atoms with E-state index in [0.717, 1.165) is 39.0 Å². The molecule has 0 aromatic heterocycles. The first kappa shape index (κ1) is 16.9. The fourth-order valence-electron chi connectivity index (χ4n) is 2.65. The van der Waals surface area contributed by atoms with E-state index in [-0.39, 0.29) is 16.8 Å². The van der Waals surface area contributed by atoms with Crippen molar-refractivity contribution in [2.45, 2.75) is 46.5 Å². The minimum Gasteiger partial charge on any atom is -0.371 e. The van der Waals surface area contributed by atoms with Gasteiger partial charge in [-0.2, -0.15) is 0 Å². The molecule has 4 heteroatoms. The van der Waals surface area contributed by atoms with E-state index in [1.807, 2.05) is 25.8 Å². The van der Waals surface area contributed by atoms with Crippen LogP contribution in [0.25, 0.3) is 0 Å². The molecule has 1 rings (SSSR count). The lowest BCUT2D eigenvalue weighted by molar-refractivity contribution is 0.297. The van der Waals surface area contributed by atoms with Crippen molar-refractivity contribution in [2.75, 3.05) is 38.1 Å². The summed E-state index contributed by atoms with van der Waals surface area (Å²) in [5.41, 5.74) is 0.763. The smallest absolute Gasteiger partial charge is 0.249 e. The number of unbranched alkanes of at least 4 members (excludes halogenated alkanes) is 1. The van der Waals surface area contributed by atoms with E-state index >= 15 is 0 Å². The molecule has 0 aliphatic rings. The lowest BCUT2D eigenvalue weighted by Crippen LogP contribution is -2.43. The molecule has 0 saturated heterocycles. The molecule has 0 radical (unpaired) electrons. The van der Waals surface area contributed by atoms with Crippen molar-refractivity contribution in [3.8, 4) is 0 Å². The van der Waals surface area contributed by atoms with Crippen molar-refractivity contribution in [3.63, 3.8) is 0 Å². The molecule has 0 unspecified atom stereocenters. The van der Waals surface area contributed by atoms with Gasteiger partial charge in [0.2, 0.25) is 10.9 Å². The predicted molar refractivity (Wildman–Crippen MR) is 85.7 cm³/mol. The van der Waals surface area contributed by atoms with Gasteiger partial charge in [0, 0.05) is 19.2 Å². The van der Waals surface area contributed by atoms with Crippen LogP contribution >= 0.6 is 0 Å². The molecule has 114 valence electrons. The van der Waals surface area contributed by atoms with E-state index in [2.05, 4.69) is 18.7 Å². The molecule has 1 aromatic carbocycles. The molecule has 0 atom stereocenters. The summed E-state index contributed by atoms with van der Waals surface area (Å²) < 4.78 is 0. The molecule has 20 heavy (non-hydrogen) atoms. The van der Waals surface area contributed by atoms with Crippen LogP contribution in [0.3, 0.4) is 0 Å². The normalized spacial score (nSPS) is 11.8. The molecule has 0 aliphatic carbocycles. The van der Waals surface area contributed by atoms with Gasteiger partial charge in [0.25, 0.3) is 0 Å². The van der Waals surface area contributed by atoms with Gasteiger partial charge in [-0.15, -0.1) is 0 Å². The summed E-state index contributed by atoms with van der Waals surface area (Å²) in [6.45, 7) is 12.4. The molecule has 4 nitrogen and oxygen atoms in total. The molecular weight excluding hydrogens is 252 g/mol. The average molecular weight is 280 g/mol. The van der Waals surface area contributed by atoms with Crippen LogP contribution in [0, 0.1) is 0 Å². The maximum absolute atomic E-state index is 11.7. The van der Waals surface area contributed by atoms with Crippen LogP contribution in [0.5, 0.6) is 0 Å². The second kappa shape index (κ2) is 7.58. The van der Waals surface area contributed by atoms with Crippen LogP contribution in [0.4, 0.5) is 5.69 Å². The third-order valence-corrected chi connectivity index (χ3v) is 3.99. The summed E-state index contributed by atoms with van der Waals surface area (Å²) in [7, 11) is 1.92. The van der Waals surface area contributed by atoms with Crippen molar-refractivity contribution in [1.82, 2.24) is 4.90 Å². The Bertz CT molecular complexity index is 483. The summed E-state index contributed by atoms with van der Waals surface area (Å²) in [6.07, 6.45) is 2.17. The Hall–Kier alpha value is -1.16. The average Bonchev–Trinajstić information content (AvgIpc) is 2.42. The standard InChI is InChI=1S/C16H28N2O2/c1-6-18(7-2)11-9-8-10-17(5)14-13(12(3)4)15(19)16(14)20/h12H,6-11H2,1-5H3. The summed E-state index contributed by atoms with van der Waals surface area (Å²) in [6, 6.07) is 0. The molecule has 0 aliphatic heterocycles. The second-order valence-electron chi connectivity index (χ2n) is 5.73. The topological polar surface area (TPSA) is 40.6 Å². The van der Waals surface area contributed by atoms with Gasteiger partial charge in [0.05, 0.1) is 5.69 Å². The highest BCUT2D eigenvalue weighted by Crippen LogP contribution is 2.21. The van der Waals surface area contributed by atoms with Crippen molar-refractivity contribution < 1.29 is 0 Å². The third-order valence-electron chi connectivity index (χ3n) is 3.99. The fraction of sp³-hybridized carbons (Fsp3) is 0.750. The van der Waals surface area contributed by atoms with E-state index in [1.54, 1.807) is 0 Å². The van der Waals surface area contributed by atoms with E-state index in [9.17, 15) is 9.59 Å². The second-order valence-corrected chi connectivity index (χ2v) is 5.73. The van der Waals surface area contributed by atoms with Gasteiger partial charge >= 0.3 is 0 Å². The zero-order chi connectivity index (χ0) is 15.3. The maximum atomic E-state index is 11.7. The number of hydrogen-bond donors (Lipinski definition) is 0. The van der Waals surface area contributed by atoms with Crippen molar-refractivity contribution in [2.24, 2.45) is 0 Å². The highest BCUT2D eigenvalue weighted by molar-refractivity contribution is 5.59. The first-order chi connectivity index (χ1) is 9.43. The predicted octanol–water partition coefficient (Wildman–Crippen LogP) is 1.96. The van der Waals surface area contributed by atoms with E-state index in [1.165, 1.54) is 0 Å². The Labute approximate surface area is 122 Å². The molecule has 1 aromatic rings. The molecular formula is C16H28N2O2. The summed E-state index contributed by atoms with van der Waals surface area (Å²) in [4.78, 5) is 27.6. The summed E-state index contributed by atoms with van der Waals surface area (Å²) in [5.74, 6) is 0.133. The van der Waals surface area contributed by atoms with E-state index in [4.69, 9.17) is 0 Å². The molecule has 0 amide bonds. The summed E-state index contributed by atoms with van der Waals surface area (Å²) >= 11 is 0. The molecule has 0 spiro atoms. The molecule has 0 saturated carbocycles. The monoisotopic (exact) mass is 280 g/mol. The van der Waals surface area contributed by atoms with Gasteiger partial charge in [-0.05, 0) is 38.4 Å².